The first kappa shape index (κ1) is 63.3. The van der Waals surface area contributed by atoms with Gasteiger partial charge in [-0.05, 0) is 83.6 Å². The van der Waals surface area contributed by atoms with E-state index in [0.29, 0.717) is 38.6 Å². The van der Waals surface area contributed by atoms with E-state index in [9.17, 15) is 28.9 Å². The molecule has 63 heavy (non-hydrogen) atoms. The molecule has 0 amide bonds. The third kappa shape index (κ3) is 45.1. The van der Waals surface area contributed by atoms with Crippen molar-refractivity contribution in [2.45, 2.75) is 231 Å². The van der Waals surface area contributed by atoms with E-state index in [0.717, 1.165) is 77.0 Å². The molecule has 0 spiro atoms. The minimum Gasteiger partial charge on any atom is -0.462 e. The average Bonchev–Trinajstić information content (AvgIpc) is 3.25. The number of hydrogen-bond donors (Lipinski definition) is 4. The molecule has 0 bridgehead atoms. The molecule has 0 aromatic rings. The van der Waals surface area contributed by atoms with Crippen molar-refractivity contribution < 1.29 is 52.2 Å². The number of halogens is 1. The maximum atomic E-state index is 12.8. The maximum absolute atomic E-state index is 12.8. The molecule has 0 radical (unpaired) electrons. The number of allylic oxidation sites excluding steroid dienone is 4. The molecule has 0 heterocycles. The number of unbranched alkanes of at least 4 members (excludes halogenated alkanes) is 23. The molecule has 0 aliphatic rings. The smallest absolute Gasteiger partial charge is 0.462 e. The Morgan fingerprint density at radius 1 is 0.556 bits per heavy atom. The molecule has 0 saturated carbocycles. The summed E-state index contributed by atoms with van der Waals surface area (Å²) in [5, 5.41) is 10.2. The highest BCUT2D eigenvalue weighted by molar-refractivity contribution is 7.47. The van der Waals surface area contributed by atoms with Gasteiger partial charge in [0.05, 0.1) is 13.2 Å². The third-order valence-electron chi connectivity index (χ3n) is 10.6. The number of carbonyl (C=O) groups excluding carboxylic acids is 3. The summed E-state index contributed by atoms with van der Waals surface area (Å²) in [6.07, 6.45) is 38.3. The number of aliphatic hydroxyl groups is 1. The molecular formula is C48H92ClN2O11P. The average molecular weight is 940 g/mol. The largest absolute Gasteiger partial charge is 0.472 e. The molecule has 0 rings (SSSR count). The van der Waals surface area contributed by atoms with Crippen molar-refractivity contribution >= 4 is 38.1 Å². The van der Waals surface area contributed by atoms with Crippen LogP contribution in [0.15, 0.2) is 24.3 Å². The molecular weight excluding hydrogens is 847 g/mol. The molecule has 0 fully saturated rings. The second-order valence-electron chi connectivity index (χ2n) is 16.7. The van der Waals surface area contributed by atoms with Gasteiger partial charge in [0.15, 0.2) is 6.10 Å². The lowest BCUT2D eigenvalue weighted by Gasteiger charge is -2.20. The van der Waals surface area contributed by atoms with Crippen molar-refractivity contribution in [1.29, 1.82) is 0 Å². The van der Waals surface area contributed by atoms with Gasteiger partial charge < -0.3 is 35.7 Å². The van der Waals surface area contributed by atoms with Crippen LogP contribution in [0.2, 0.25) is 0 Å². The highest BCUT2D eigenvalue weighted by atomic mass is 35.5. The van der Waals surface area contributed by atoms with Crippen molar-refractivity contribution in [2.75, 3.05) is 33.0 Å². The van der Waals surface area contributed by atoms with Crippen molar-refractivity contribution in [1.82, 2.24) is 0 Å². The molecule has 0 aliphatic heterocycles. The van der Waals surface area contributed by atoms with Gasteiger partial charge in [0.1, 0.15) is 25.4 Å². The first-order valence-corrected chi connectivity index (χ1v) is 26.1. The van der Waals surface area contributed by atoms with Gasteiger partial charge in [-0.1, -0.05) is 147 Å². The Morgan fingerprint density at radius 2 is 0.984 bits per heavy atom. The Morgan fingerprint density at radius 3 is 1.46 bits per heavy atom. The zero-order valence-corrected chi connectivity index (χ0v) is 41.3. The number of hydrogen-bond acceptors (Lipinski definition) is 12. The molecule has 13 nitrogen and oxygen atoms in total. The Balaban J connectivity index is 0. The van der Waals surface area contributed by atoms with Crippen LogP contribution in [0, 0.1) is 0 Å². The van der Waals surface area contributed by atoms with E-state index in [-0.39, 0.29) is 31.9 Å². The number of aliphatic hydroxyl groups excluding tert-OH is 1. The van der Waals surface area contributed by atoms with Crippen LogP contribution in [-0.2, 0) is 42.2 Å². The molecule has 0 aliphatic carbocycles. The number of esters is 3. The van der Waals surface area contributed by atoms with Crippen LogP contribution in [-0.4, -0.2) is 79.1 Å². The lowest BCUT2D eigenvalue weighted by atomic mass is 10.1. The van der Waals surface area contributed by atoms with Crippen LogP contribution in [0.25, 0.3) is 0 Å². The molecule has 6 N–H and O–H groups in total. The van der Waals surface area contributed by atoms with Crippen LogP contribution in [0.3, 0.4) is 0 Å². The van der Waals surface area contributed by atoms with Gasteiger partial charge in [-0.3, -0.25) is 23.4 Å². The Labute approximate surface area is 389 Å². The molecule has 4 atom stereocenters. The van der Waals surface area contributed by atoms with Crippen LogP contribution in [0.4, 0.5) is 0 Å². The Kier molecular flexibility index (Phi) is 46.9. The SMILES string of the molecule is CCCCCCCC/C=C/CCCCCCCC(=O)OCC(COP(=O)(O)OCC(O)COC(=O)C(N)CCCCN)OC(=O)CCCCCCC/C=C/CCCCCCCC.Cl. The Hall–Kier alpha value is -1.83. The van der Waals surface area contributed by atoms with Crippen LogP contribution in [0.1, 0.15) is 213 Å². The van der Waals surface area contributed by atoms with Crippen molar-refractivity contribution in [2.24, 2.45) is 11.5 Å². The summed E-state index contributed by atoms with van der Waals surface area (Å²) in [5.41, 5.74) is 11.2. The van der Waals surface area contributed by atoms with E-state index in [4.69, 9.17) is 34.7 Å². The van der Waals surface area contributed by atoms with Gasteiger partial charge in [-0.25, -0.2) is 4.57 Å². The number of phosphoric acid groups is 1. The molecule has 0 aromatic carbocycles. The van der Waals surface area contributed by atoms with Crippen molar-refractivity contribution in [3.8, 4) is 0 Å². The summed E-state index contributed by atoms with van der Waals surface area (Å²) < 4.78 is 38.5. The number of phosphoric ester groups is 1. The summed E-state index contributed by atoms with van der Waals surface area (Å²) in [4.78, 5) is 47.7. The molecule has 372 valence electrons. The topological polar surface area (TPSA) is 207 Å². The molecule has 4 unspecified atom stereocenters. The Bertz CT molecular complexity index is 1180. The van der Waals surface area contributed by atoms with Gasteiger partial charge in [-0.2, -0.15) is 0 Å². The van der Waals surface area contributed by atoms with E-state index in [1.807, 2.05) is 0 Å². The summed E-state index contributed by atoms with van der Waals surface area (Å²) in [6.45, 7) is 2.82. The van der Waals surface area contributed by atoms with E-state index >= 15 is 0 Å². The van der Waals surface area contributed by atoms with Crippen molar-refractivity contribution in [3.63, 3.8) is 0 Å². The van der Waals surface area contributed by atoms with E-state index in [1.54, 1.807) is 0 Å². The first-order chi connectivity index (χ1) is 30.0. The van der Waals surface area contributed by atoms with Crippen LogP contribution in [0.5, 0.6) is 0 Å². The van der Waals surface area contributed by atoms with Gasteiger partial charge >= 0.3 is 25.7 Å². The highest BCUT2D eigenvalue weighted by Crippen LogP contribution is 2.43. The summed E-state index contributed by atoms with van der Waals surface area (Å²) in [5.74, 6) is -1.71. The molecule has 15 heteroatoms. The predicted octanol–water partition coefficient (Wildman–Crippen LogP) is 11.4. The van der Waals surface area contributed by atoms with E-state index in [1.165, 1.54) is 77.0 Å². The van der Waals surface area contributed by atoms with E-state index in [2.05, 4.69) is 38.2 Å². The fourth-order valence-electron chi connectivity index (χ4n) is 6.65. The lowest BCUT2D eigenvalue weighted by Crippen LogP contribution is -2.35. The quantitative estimate of drug-likeness (QED) is 0.0147. The van der Waals surface area contributed by atoms with Gasteiger partial charge in [0.2, 0.25) is 0 Å². The van der Waals surface area contributed by atoms with E-state index < -0.39 is 63.8 Å². The second-order valence-corrected chi connectivity index (χ2v) is 18.2. The number of carbonyl (C=O) groups is 3. The zero-order chi connectivity index (χ0) is 45.8. The number of ether oxygens (including phenoxy) is 3. The maximum Gasteiger partial charge on any atom is 0.472 e. The van der Waals surface area contributed by atoms with Crippen LogP contribution < -0.4 is 11.5 Å². The number of rotatable bonds is 46. The minimum absolute atomic E-state index is 0. The minimum atomic E-state index is -4.75. The van der Waals surface area contributed by atoms with Crippen LogP contribution >= 0.6 is 20.2 Å². The summed E-state index contributed by atoms with van der Waals surface area (Å²) >= 11 is 0. The normalized spacial score (nSPS) is 14.0. The van der Waals surface area contributed by atoms with Gasteiger partial charge in [0, 0.05) is 12.8 Å². The molecule has 0 aromatic heterocycles. The predicted molar refractivity (Wildman–Crippen MR) is 257 cm³/mol. The standard InChI is InChI=1S/C48H91N2O11P.ClH/c1-3-5-7-9-11-13-15-17-19-21-23-25-27-29-31-36-46(52)57-41-44(42-60-62(55,56)59-40-43(51)39-58-48(54)45(50)35-33-34-38-49)61-47(53)37-32-30-28-26-24-22-20-18-16-14-12-10-8-6-4-2;/h17-20,43-45,51H,3-16,21-42,49-50H2,1-2H3,(H,55,56);1H/b19-17+,20-18+;. The van der Waals surface area contributed by atoms with Crippen molar-refractivity contribution in [3.05, 3.63) is 24.3 Å². The second kappa shape index (κ2) is 46.7. The first-order valence-electron chi connectivity index (χ1n) is 24.6. The molecule has 0 saturated heterocycles. The highest BCUT2D eigenvalue weighted by Gasteiger charge is 2.28. The number of nitrogens with two attached hydrogens (primary N) is 2. The summed E-state index contributed by atoms with van der Waals surface area (Å²) in [7, 11) is -4.75. The monoisotopic (exact) mass is 939 g/mol. The lowest BCUT2D eigenvalue weighted by molar-refractivity contribution is -0.161. The van der Waals surface area contributed by atoms with Gasteiger partial charge in [-0.15, -0.1) is 12.4 Å². The fourth-order valence-corrected chi connectivity index (χ4v) is 7.44. The summed E-state index contributed by atoms with van der Waals surface area (Å²) in [6, 6.07) is -0.880. The fraction of sp³-hybridized carbons (Fsp3) is 0.854. The zero-order valence-electron chi connectivity index (χ0n) is 39.6. The van der Waals surface area contributed by atoms with Gasteiger partial charge in [0.25, 0.3) is 0 Å². The third-order valence-corrected chi connectivity index (χ3v) is 11.5.